The molecule has 6 nitrogen and oxygen atoms in total. The van der Waals surface area contributed by atoms with Crippen molar-refractivity contribution in [2.24, 2.45) is 0 Å². The highest BCUT2D eigenvalue weighted by atomic mass is 32.1. The summed E-state index contributed by atoms with van der Waals surface area (Å²) in [6.07, 6.45) is 1.60. The Morgan fingerprint density at radius 3 is 2.13 bits per heavy atom. The number of rotatable bonds is 4. The number of carbonyl (C=O) groups excluding carboxylic acids is 2. The maximum atomic E-state index is 13.1. The van der Waals surface area contributed by atoms with Gasteiger partial charge in [-0.2, -0.15) is 0 Å². The Balaban J connectivity index is 1.38. The number of halogens is 1. The molecule has 2 aromatic carbocycles. The van der Waals surface area contributed by atoms with Crippen LogP contribution in [-0.4, -0.2) is 59.9 Å². The minimum absolute atomic E-state index is 0.0823. The molecule has 0 spiro atoms. The van der Waals surface area contributed by atoms with Crippen LogP contribution in [0.5, 0.6) is 5.75 Å². The molecule has 2 heterocycles. The van der Waals surface area contributed by atoms with E-state index < -0.39 is 0 Å². The summed E-state index contributed by atoms with van der Waals surface area (Å²) >= 11 is 1.35. The summed E-state index contributed by atoms with van der Waals surface area (Å²) in [6, 6.07) is 13.0. The Labute approximate surface area is 177 Å². The second-order valence-corrected chi connectivity index (χ2v) is 7.88. The van der Waals surface area contributed by atoms with Gasteiger partial charge in [-0.3, -0.25) is 9.59 Å². The van der Waals surface area contributed by atoms with Crippen molar-refractivity contribution in [2.75, 3.05) is 33.3 Å². The predicted octanol–water partition coefficient (Wildman–Crippen LogP) is 3.56. The van der Waals surface area contributed by atoms with Crippen LogP contribution in [-0.2, 0) is 0 Å². The molecule has 1 saturated heterocycles. The van der Waals surface area contributed by atoms with Gasteiger partial charge < -0.3 is 14.5 Å². The smallest absolute Gasteiger partial charge is 0.265 e. The normalized spacial score (nSPS) is 13.9. The second kappa shape index (κ2) is 8.62. The average molecular weight is 425 g/mol. The zero-order valence-corrected chi connectivity index (χ0v) is 17.2. The number of ether oxygens (including phenoxy) is 1. The fourth-order valence-electron chi connectivity index (χ4n) is 3.28. The van der Waals surface area contributed by atoms with Crippen LogP contribution in [0.15, 0.2) is 54.7 Å². The van der Waals surface area contributed by atoms with Crippen LogP contribution >= 0.6 is 11.3 Å². The lowest BCUT2D eigenvalue weighted by atomic mass is 10.1. The van der Waals surface area contributed by atoms with Gasteiger partial charge >= 0.3 is 0 Å². The van der Waals surface area contributed by atoms with Crippen LogP contribution < -0.4 is 4.74 Å². The number of piperazine rings is 1. The van der Waals surface area contributed by atoms with Crippen LogP contribution in [0.2, 0.25) is 0 Å². The summed E-state index contributed by atoms with van der Waals surface area (Å²) in [5.41, 5.74) is 1.37. The molecule has 0 aliphatic carbocycles. The first kappa shape index (κ1) is 20.0. The summed E-state index contributed by atoms with van der Waals surface area (Å²) in [5, 5.41) is 0.770. The fourth-order valence-corrected chi connectivity index (χ4v) is 4.17. The lowest BCUT2D eigenvalue weighted by molar-refractivity contribution is 0.0538. The first-order valence-corrected chi connectivity index (χ1v) is 10.3. The van der Waals surface area contributed by atoms with Gasteiger partial charge in [0, 0.05) is 37.3 Å². The molecule has 2 amide bonds. The van der Waals surface area contributed by atoms with Gasteiger partial charge in [0.25, 0.3) is 11.8 Å². The maximum Gasteiger partial charge on any atom is 0.265 e. The van der Waals surface area contributed by atoms with Crippen molar-refractivity contribution in [3.05, 3.63) is 71.0 Å². The van der Waals surface area contributed by atoms with E-state index in [2.05, 4.69) is 4.98 Å². The summed E-state index contributed by atoms with van der Waals surface area (Å²) in [7, 11) is 1.61. The van der Waals surface area contributed by atoms with Crippen molar-refractivity contribution in [2.45, 2.75) is 0 Å². The number of amides is 2. The van der Waals surface area contributed by atoms with E-state index in [9.17, 15) is 14.0 Å². The Kier molecular flexibility index (Phi) is 5.76. The molecule has 154 valence electrons. The number of hydrogen-bond donors (Lipinski definition) is 0. The molecule has 0 radical (unpaired) electrons. The molecule has 4 rings (SSSR count). The topological polar surface area (TPSA) is 62.7 Å². The monoisotopic (exact) mass is 425 g/mol. The highest BCUT2D eigenvalue weighted by molar-refractivity contribution is 7.16. The zero-order chi connectivity index (χ0) is 21.1. The fraction of sp³-hybridized carbons (Fsp3) is 0.227. The third-order valence-corrected chi connectivity index (χ3v) is 6.03. The van der Waals surface area contributed by atoms with Crippen LogP contribution in [0.25, 0.3) is 10.6 Å². The van der Waals surface area contributed by atoms with Crippen molar-refractivity contribution in [3.63, 3.8) is 0 Å². The molecule has 0 bridgehead atoms. The number of carbonyl (C=O) groups is 2. The minimum Gasteiger partial charge on any atom is -0.497 e. The summed E-state index contributed by atoms with van der Waals surface area (Å²) in [5.74, 6) is 0.156. The van der Waals surface area contributed by atoms with Gasteiger partial charge in [0.2, 0.25) is 0 Å². The molecular weight excluding hydrogens is 405 g/mol. The van der Waals surface area contributed by atoms with Gasteiger partial charge in [-0.05, 0) is 48.5 Å². The molecule has 0 N–H and O–H groups in total. The maximum absolute atomic E-state index is 13.1. The van der Waals surface area contributed by atoms with Crippen molar-refractivity contribution < 1.29 is 18.7 Å². The first-order valence-electron chi connectivity index (χ1n) is 9.49. The van der Waals surface area contributed by atoms with Crippen LogP contribution in [0.3, 0.4) is 0 Å². The van der Waals surface area contributed by atoms with E-state index >= 15 is 0 Å². The van der Waals surface area contributed by atoms with E-state index in [1.807, 2.05) is 24.3 Å². The predicted molar refractivity (Wildman–Crippen MR) is 112 cm³/mol. The van der Waals surface area contributed by atoms with Crippen molar-refractivity contribution >= 4 is 23.2 Å². The third kappa shape index (κ3) is 4.18. The molecule has 1 aliphatic rings. The molecule has 0 atom stereocenters. The lowest BCUT2D eigenvalue weighted by Gasteiger charge is -2.34. The van der Waals surface area contributed by atoms with Crippen LogP contribution in [0.1, 0.15) is 20.0 Å². The van der Waals surface area contributed by atoms with Gasteiger partial charge in [0.1, 0.15) is 21.5 Å². The SMILES string of the molecule is COc1ccc(-c2ncc(C(=O)N3CCN(C(=O)c4ccc(F)cc4)CC3)s2)cc1. The van der Waals surface area contributed by atoms with E-state index in [0.29, 0.717) is 36.6 Å². The third-order valence-electron chi connectivity index (χ3n) is 5.00. The Bertz CT molecular complexity index is 1040. The van der Waals surface area contributed by atoms with E-state index in [4.69, 9.17) is 4.74 Å². The number of nitrogens with zero attached hydrogens (tertiary/aromatic N) is 3. The molecule has 0 unspecified atom stereocenters. The Hall–Kier alpha value is -3.26. The van der Waals surface area contributed by atoms with Crippen LogP contribution in [0, 0.1) is 5.82 Å². The first-order chi connectivity index (χ1) is 14.5. The summed E-state index contributed by atoms with van der Waals surface area (Å²) < 4.78 is 18.2. The average Bonchev–Trinajstić information content (AvgIpc) is 3.29. The van der Waals surface area contributed by atoms with Crippen molar-refractivity contribution in [3.8, 4) is 16.3 Å². The zero-order valence-electron chi connectivity index (χ0n) is 16.4. The van der Waals surface area contributed by atoms with E-state index in [1.54, 1.807) is 23.1 Å². The highest BCUT2D eigenvalue weighted by Crippen LogP contribution is 2.27. The van der Waals surface area contributed by atoms with E-state index in [1.165, 1.54) is 35.6 Å². The Morgan fingerprint density at radius 2 is 1.53 bits per heavy atom. The van der Waals surface area contributed by atoms with Gasteiger partial charge in [0.15, 0.2) is 0 Å². The summed E-state index contributed by atoms with van der Waals surface area (Å²) in [6.45, 7) is 1.77. The van der Waals surface area contributed by atoms with Gasteiger partial charge in [-0.15, -0.1) is 11.3 Å². The van der Waals surface area contributed by atoms with Gasteiger partial charge in [0.05, 0.1) is 13.3 Å². The van der Waals surface area contributed by atoms with Gasteiger partial charge in [-0.1, -0.05) is 0 Å². The molecule has 1 aromatic heterocycles. The summed E-state index contributed by atoms with van der Waals surface area (Å²) in [4.78, 5) is 33.8. The molecule has 8 heteroatoms. The number of thiazole rings is 1. The largest absolute Gasteiger partial charge is 0.497 e. The number of methoxy groups -OCH3 is 1. The molecule has 1 fully saturated rings. The molecule has 3 aromatic rings. The minimum atomic E-state index is -0.375. The number of benzene rings is 2. The van der Waals surface area contributed by atoms with Crippen molar-refractivity contribution in [1.82, 2.24) is 14.8 Å². The molecule has 1 aliphatic heterocycles. The van der Waals surface area contributed by atoms with Crippen molar-refractivity contribution in [1.29, 1.82) is 0 Å². The standard InChI is InChI=1S/C22H20FN3O3S/c1-29-18-8-4-15(5-9-18)20-24-14-19(30-20)22(28)26-12-10-25(11-13-26)21(27)16-2-6-17(23)7-3-16/h2-9,14H,10-13H2,1H3. The molecule has 30 heavy (non-hydrogen) atoms. The number of aromatic nitrogens is 1. The van der Waals surface area contributed by atoms with Crippen LogP contribution in [0.4, 0.5) is 4.39 Å². The van der Waals surface area contributed by atoms with E-state index in [-0.39, 0.29) is 17.6 Å². The highest BCUT2D eigenvalue weighted by Gasteiger charge is 2.26. The van der Waals surface area contributed by atoms with E-state index in [0.717, 1.165) is 16.3 Å². The lowest BCUT2D eigenvalue weighted by Crippen LogP contribution is -2.50. The number of hydrogen-bond acceptors (Lipinski definition) is 5. The second-order valence-electron chi connectivity index (χ2n) is 6.85. The molecule has 0 saturated carbocycles. The Morgan fingerprint density at radius 1 is 0.933 bits per heavy atom. The quantitative estimate of drug-likeness (QED) is 0.641. The molecular formula is C22H20FN3O3S. The van der Waals surface area contributed by atoms with Gasteiger partial charge in [-0.25, -0.2) is 9.37 Å².